The summed E-state index contributed by atoms with van der Waals surface area (Å²) in [5.41, 5.74) is 3.16. The number of nitrogens with zero attached hydrogens (tertiary/aromatic N) is 2. The summed E-state index contributed by atoms with van der Waals surface area (Å²) in [5.74, 6) is -2.50. The standard InChI is InChI=1S/C21H27N3O7S/c1-12(22-23-17(26)11-21(2,3)32)14-5-4-13(10-16(14)25)31-9-8-15(20(29)30)24-18(27)6-7-19(24)28/h4-5,10,15,25,32H,6-9,11H2,1-3H3,(H,23,26)(H,29,30). The van der Waals surface area contributed by atoms with Crippen molar-refractivity contribution in [3.63, 3.8) is 0 Å². The first-order valence-corrected chi connectivity index (χ1v) is 10.4. The molecule has 1 aromatic carbocycles. The van der Waals surface area contributed by atoms with Gasteiger partial charge < -0.3 is 14.9 Å². The molecule has 1 aromatic rings. The molecule has 11 heteroatoms. The third-order valence-corrected chi connectivity index (χ3v) is 4.81. The van der Waals surface area contributed by atoms with Gasteiger partial charge in [-0.1, -0.05) is 13.8 Å². The van der Waals surface area contributed by atoms with E-state index < -0.39 is 28.6 Å². The number of aromatic hydroxyl groups is 1. The number of hydrogen-bond acceptors (Lipinski definition) is 8. The van der Waals surface area contributed by atoms with E-state index in [1.807, 2.05) is 0 Å². The molecule has 0 aromatic heterocycles. The number of phenols is 1. The molecule has 3 N–H and O–H groups in total. The van der Waals surface area contributed by atoms with Crippen molar-refractivity contribution in [3.8, 4) is 11.5 Å². The Morgan fingerprint density at radius 3 is 2.44 bits per heavy atom. The largest absolute Gasteiger partial charge is 0.507 e. The maximum Gasteiger partial charge on any atom is 0.327 e. The van der Waals surface area contributed by atoms with Crippen LogP contribution in [-0.2, 0) is 19.2 Å². The number of hydrogen-bond donors (Lipinski definition) is 4. The van der Waals surface area contributed by atoms with Gasteiger partial charge in [0.25, 0.3) is 0 Å². The van der Waals surface area contributed by atoms with Crippen LogP contribution >= 0.6 is 12.6 Å². The first-order chi connectivity index (χ1) is 14.9. The number of carboxylic acid groups (broad SMARTS) is 1. The van der Waals surface area contributed by atoms with Crippen molar-refractivity contribution >= 4 is 42.0 Å². The zero-order valence-electron chi connectivity index (χ0n) is 18.1. The smallest absolute Gasteiger partial charge is 0.327 e. The van der Waals surface area contributed by atoms with Crippen molar-refractivity contribution in [2.45, 2.75) is 57.2 Å². The highest BCUT2D eigenvalue weighted by atomic mass is 32.1. The number of carbonyl (C=O) groups excluding carboxylic acids is 3. The number of carboxylic acids is 1. The van der Waals surface area contributed by atoms with E-state index in [9.17, 15) is 29.4 Å². The molecular formula is C21H27N3O7S. The lowest BCUT2D eigenvalue weighted by Gasteiger charge is -2.22. The minimum Gasteiger partial charge on any atom is -0.507 e. The van der Waals surface area contributed by atoms with Crippen LogP contribution in [-0.4, -0.2) is 61.9 Å². The molecule has 0 radical (unpaired) electrons. The van der Waals surface area contributed by atoms with E-state index in [-0.39, 0.29) is 49.7 Å². The van der Waals surface area contributed by atoms with Gasteiger partial charge in [0.15, 0.2) is 0 Å². The second-order valence-electron chi connectivity index (χ2n) is 8.05. The fraction of sp³-hybridized carbons (Fsp3) is 0.476. The van der Waals surface area contributed by atoms with Crippen molar-refractivity contribution < 1.29 is 34.1 Å². The molecular weight excluding hydrogens is 438 g/mol. The number of rotatable bonds is 10. The van der Waals surface area contributed by atoms with E-state index >= 15 is 0 Å². The summed E-state index contributed by atoms with van der Waals surface area (Å²) in [7, 11) is 0. The van der Waals surface area contributed by atoms with Crippen LogP contribution in [0.25, 0.3) is 0 Å². The van der Waals surface area contributed by atoms with Crippen molar-refractivity contribution in [2.24, 2.45) is 5.10 Å². The van der Waals surface area contributed by atoms with E-state index in [0.717, 1.165) is 4.90 Å². The van der Waals surface area contributed by atoms with Crippen LogP contribution in [0.15, 0.2) is 23.3 Å². The predicted molar refractivity (Wildman–Crippen MR) is 119 cm³/mol. The number of thiol groups is 1. The lowest BCUT2D eigenvalue weighted by atomic mass is 10.1. The second-order valence-corrected chi connectivity index (χ2v) is 9.26. The maximum atomic E-state index is 11.9. The van der Waals surface area contributed by atoms with Crippen LogP contribution in [0.3, 0.4) is 0 Å². The van der Waals surface area contributed by atoms with Crippen molar-refractivity contribution in [1.82, 2.24) is 10.3 Å². The van der Waals surface area contributed by atoms with E-state index in [0.29, 0.717) is 11.3 Å². The number of benzene rings is 1. The fourth-order valence-corrected chi connectivity index (χ4v) is 3.28. The summed E-state index contributed by atoms with van der Waals surface area (Å²) in [5, 5.41) is 23.6. The number of hydrazone groups is 1. The van der Waals surface area contributed by atoms with Gasteiger partial charge in [-0.2, -0.15) is 17.7 Å². The zero-order valence-corrected chi connectivity index (χ0v) is 19.0. The number of phenolic OH excluding ortho intramolecular Hbond substituents is 1. The number of carbonyl (C=O) groups is 4. The Hall–Kier alpha value is -3.08. The molecule has 0 aliphatic carbocycles. The van der Waals surface area contributed by atoms with Gasteiger partial charge in [-0.05, 0) is 19.1 Å². The normalized spacial score (nSPS) is 15.6. The molecule has 0 bridgehead atoms. The van der Waals surface area contributed by atoms with Gasteiger partial charge in [0.05, 0.1) is 12.3 Å². The molecule has 1 heterocycles. The van der Waals surface area contributed by atoms with E-state index in [2.05, 4.69) is 23.2 Å². The Labute approximate surface area is 191 Å². The number of ether oxygens (including phenoxy) is 1. The highest BCUT2D eigenvalue weighted by molar-refractivity contribution is 7.81. The predicted octanol–water partition coefficient (Wildman–Crippen LogP) is 1.70. The highest BCUT2D eigenvalue weighted by Crippen LogP contribution is 2.25. The molecule has 10 nitrogen and oxygen atoms in total. The van der Waals surface area contributed by atoms with Crippen LogP contribution in [0.4, 0.5) is 0 Å². The average molecular weight is 466 g/mol. The van der Waals surface area contributed by atoms with E-state index in [4.69, 9.17) is 4.74 Å². The lowest BCUT2D eigenvalue weighted by Crippen LogP contribution is -2.45. The molecule has 1 aliphatic rings. The van der Waals surface area contributed by atoms with Crippen molar-refractivity contribution in [3.05, 3.63) is 23.8 Å². The number of nitrogens with one attached hydrogen (secondary N) is 1. The molecule has 0 spiro atoms. The summed E-state index contributed by atoms with van der Waals surface area (Å²) in [6.07, 6.45) is 0.0834. The number of likely N-dealkylation sites (tertiary alicyclic amines) is 1. The Morgan fingerprint density at radius 1 is 1.28 bits per heavy atom. The van der Waals surface area contributed by atoms with Gasteiger partial charge in [0.2, 0.25) is 17.7 Å². The molecule has 174 valence electrons. The van der Waals surface area contributed by atoms with Gasteiger partial charge in [0.1, 0.15) is 17.5 Å². The second kappa shape index (κ2) is 10.5. The van der Waals surface area contributed by atoms with Gasteiger partial charge >= 0.3 is 5.97 Å². The first-order valence-electron chi connectivity index (χ1n) is 9.98. The lowest BCUT2D eigenvalue weighted by molar-refractivity contribution is -0.154. The molecule has 32 heavy (non-hydrogen) atoms. The summed E-state index contributed by atoms with van der Waals surface area (Å²) in [6.45, 7) is 5.13. The Balaban J connectivity index is 1.97. The van der Waals surface area contributed by atoms with Crippen LogP contribution in [0, 0.1) is 0 Å². The molecule has 1 unspecified atom stereocenters. The topological polar surface area (TPSA) is 146 Å². The average Bonchev–Trinajstić information content (AvgIpc) is 3.00. The Bertz CT molecular complexity index is 924. The van der Waals surface area contributed by atoms with Crippen LogP contribution < -0.4 is 10.2 Å². The highest BCUT2D eigenvalue weighted by Gasteiger charge is 2.38. The van der Waals surface area contributed by atoms with E-state index in [1.54, 1.807) is 32.9 Å². The molecule has 0 saturated carbocycles. The zero-order chi connectivity index (χ0) is 24.1. The minimum atomic E-state index is -1.30. The molecule has 1 atom stereocenters. The summed E-state index contributed by atoms with van der Waals surface area (Å²) < 4.78 is 5.01. The summed E-state index contributed by atoms with van der Waals surface area (Å²) >= 11 is 4.29. The van der Waals surface area contributed by atoms with Crippen molar-refractivity contribution in [1.29, 1.82) is 0 Å². The van der Waals surface area contributed by atoms with Crippen LogP contribution in [0.5, 0.6) is 11.5 Å². The number of imide groups is 1. The maximum absolute atomic E-state index is 11.9. The summed E-state index contributed by atoms with van der Waals surface area (Å²) in [6, 6.07) is 3.12. The molecule has 1 fully saturated rings. The fourth-order valence-electron chi connectivity index (χ4n) is 3.14. The van der Waals surface area contributed by atoms with Gasteiger partial charge in [-0.25, -0.2) is 10.2 Å². The minimum absolute atomic E-state index is 0.00651. The van der Waals surface area contributed by atoms with E-state index in [1.165, 1.54) is 6.07 Å². The SMILES string of the molecule is CC(=NNC(=O)CC(C)(C)S)c1ccc(OCCC(C(=O)O)N2C(=O)CCC2=O)cc1O. The monoisotopic (exact) mass is 465 g/mol. The number of amides is 3. The Kier molecular flexibility index (Phi) is 8.25. The molecule has 3 amide bonds. The molecule has 1 aliphatic heterocycles. The Morgan fingerprint density at radius 2 is 1.91 bits per heavy atom. The van der Waals surface area contributed by atoms with Gasteiger partial charge in [0, 0.05) is 42.1 Å². The third kappa shape index (κ3) is 6.98. The van der Waals surface area contributed by atoms with Crippen LogP contribution in [0.2, 0.25) is 0 Å². The number of aliphatic carboxylic acids is 1. The third-order valence-electron chi connectivity index (χ3n) is 4.65. The molecule has 2 rings (SSSR count). The van der Waals surface area contributed by atoms with Crippen molar-refractivity contribution in [2.75, 3.05) is 6.61 Å². The molecule has 1 saturated heterocycles. The van der Waals surface area contributed by atoms with Gasteiger partial charge in [-0.3, -0.25) is 19.3 Å². The summed E-state index contributed by atoms with van der Waals surface area (Å²) in [4.78, 5) is 47.7. The quantitative estimate of drug-likeness (QED) is 0.178. The van der Waals surface area contributed by atoms with Gasteiger partial charge in [-0.15, -0.1) is 0 Å². The van der Waals surface area contributed by atoms with Crippen LogP contribution in [0.1, 0.15) is 52.0 Å². The first kappa shape index (κ1) is 25.2.